The third-order valence-corrected chi connectivity index (χ3v) is 2.31. The molecule has 1 aromatic rings. The summed E-state index contributed by atoms with van der Waals surface area (Å²) in [4.78, 5) is 3.45. The molecule has 1 aliphatic carbocycles. The van der Waals surface area contributed by atoms with E-state index in [2.05, 4.69) is 11.1 Å². The summed E-state index contributed by atoms with van der Waals surface area (Å²) >= 11 is 0. The van der Waals surface area contributed by atoms with E-state index in [9.17, 15) is 4.39 Å². The molecule has 0 saturated heterocycles. The Hall–Kier alpha value is -1.63. The molecule has 1 fully saturated rings. The van der Waals surface area contributed by atoms with Crippen LogP contribution in [0.4, 0.5) is 4.39 Å². The molecule has 4 heteroatoms. The van der Waals surface area contributed by atoms with Crippen LogP contribution >= 0.6 is 0 Å². The Balaban J connectivity index is 1.93. The maximum Gasteiger partial charge on any atom is 0.213 e. The largest absolute Gasteiger partial charge is 0.490 e. The Bertz CT molecular complexity index is 365. The fraction of sp³-hybridized carbons (Fsp3) is 0.400. The summed E-state index contributed by atoms with van der Waals surface area (Å²) in [5.74, 6) is -0.0216. The van der Waals surface area contributed by atoms with Crippen LogP contribution in [0.5, 0.6) is 5.75 Å². The first-order valence-electron chi connectivity index (χ1n) is 4.40. The maximum absolute atomic E-state index is 12.4. The second-order valence-electron chi connectivity index (χ2n) is 3.50. The molecular formula is C10H9FN2O. The average Bonchev–Trinajstić information content (AvgIpc) is 2.98. The summed E-state index contributed by atoms with van der Waals surface area (Å²) in [7, 11) is 0. The van der Waals surface area contributed by atoms with E-state index in [1.807, 2.05) is 0 Å². The Labute approximate surface area is 81.1 Å². The average molecular weight is 192 g/mol. The molecule has 0 spiro atoms. The Morgan fingerprint density at radius 3 is 2.86 bits per heavy atom. The molecule has 0 atom stereocenters. The van der Waals surface area contributed by atoms with Gasteiger partial charge >= 0.3 is 0 Å². The molecule has 0 N–H and O–H groups in total. The van der Waals surface area contributed by atoms with Gasteiger partial charge in [-0.3, -0.25) is 0 Å². The summed E-state index contributed by atoms with van der Waals surface area (Å²) in [5, 5.41) is 8.77. The van der Waals surface area contributed by atoms with Gasteiger partial charge in [-0.25, -0.2) is 4.98 Å². The summed E-state index contributed by atoms with van der Waals surface area (Å²) in [5.41, 5.74) is -0.297. The third kappa shape index (κ3) is 1.82. The predicted molar refractivity (Wildman–Crippen MR) is 47.0 cm³/mol. The van der Waals surface area contributed by atoms with Crippen LogP contribution in [0.15, 0.2) is 18.3 Å². The van der Waals surface area contributed by atoms with Crippen molar-refractivity contribution in [3.63, 3.8) is 0 Å². The van der Waals surface area contributed by atoms with Gasteiger partial charge in [0, 0.05) is 0 Å². The van der Waals surface area contributed by atoms with Crippen molar-refractivity contribution in [3.8, 4) is 11.8 Å². The fourth-order valence-corrected chi connectivity index (χ4v) is 1.11. The van der Waals surface area contributed by atoms with Gasteiger partial charge in [-0.1, -0.05) is 0 Å². The van der Waals surface area contributed by atoms with Crippen LogP contribution in [0.3, 0.4) is 0 Å². The topological polar surface area (TPSA) is 45.9 Å². The first kappa shape index (κ1) is 8.95. The molecule has 0 aromatic carbocycles. The zero-order valence-corrected chi connectivity index (χ0v) is 7.53. The van der Waals surface area contributed by atoms with Gasteiger partial charge in [-0.2, -0.15) is 9.65 Å². The minimum atomic E-state index is -0.529. The summed E-state index contributed by atoms with van der Waals surface area (Å²) in [6.07, 6.45) is 3.10. The van der Waals surface area contributed by atoms with E-state index in [1.54, 1.807) is 0 Å². The quantitative estimate of drug-likeness (QED) is 0.687. The van der Waals surface area contributed by atoms with Crippen molar-refractivity contribution in [2.24, 2.45) is 5.41 Å². The molecule has 1 saturated carbocycles. The van der Waals surface area contributed by atoms with Crippen molar-refractivity contribution in [1.29, 1.82) is 5.26 Å². The van der Waals surface area contributed by atoms with E-state index < -0.39 is 5.95 Å². The minimum Gasteiger partial charge on any atom is -0.490 e. The van der Waals surface area contributed by atoms with Crippen molar-refractivity contribution in [3.05, 3.63) is 24.3 Å². The summed E-state index contributed by atoms with van der Waals surface area (Å²) in [6.45, 7) is 0.372. The highest BCUT2D eigenvalue weighted by Gasteiger charge is 2.44. The molecule has 0 amide bonds. The summed E-state index contributed by atoms with van der Waals surface area (Å²) in [6, 6.07) is 4.96. The van der Waals surface area contributed by atoms with Crippen LogP contribution in [0, 0.1) is 22.7 Å². The number of pyridine rings is 1. The first-order chi connectivity index (χ1) is 6.74. The zero-order valence-electron chi connectivity index (χ0n) is 7.53. The Morgan fingerprint density at radius 1 is 1.57 bits per heavy atom. The van der Waals surface area contributed by atoms with Crippen LogP contribution in [0.1, 0.15) is 12.8 Å². The zero-order chi connectivity index (χ0) is 10.0. The lowest BCUT2D eigenvalue weighted by atomic mass is 10.1. The number of ether oxygens (including phenoxy) is 1. The van der Waals surface area contributed by atoms with Crippen LogP contribution in [0.25, 0.3) is 0 Å². The lowest BCUT2D eigenvalue weighted by Gasteiger charge is -2.07. The highest BCUT2D eigenvalue weighted by molar-refractivity contribution is 5.18. The predicted octanol–water partition coefficient (Wildman–Crippen LogP) is 1.90. The van der Waals surface area contributed by atoms with E-state index in [1.165, 1.54) is 18.3 Å². The molecule has 14 heavy (non-hydrogen) atoms. The fourth-order valence-electron chi connectivity index (χ4n) is 1.11. The van der Waals surface area contributed by atoms with E-state index in [-0.39, 0.29) is 5.41 Å². The highest BCUT2D eigenvalue weighted by Crippen LogP contribution is 2.44. The van der Waals surface area contributed by atoms with Gasteiger partial charge in [0.05, 0.1) is 17.7 Å². The highest BCUT2D eigenvalue weighted by atomic mass is 19.1. The molecule has 2 rings (SSSR count). The summed E-state index contributed by atoms with van der Waals surface area (Å²) < 4.78 is 17.7. The molecule has 1 aliphatic rings. The van der Waals surface area contributed by atoms with Gasteiger partial charge < -0.3 is 4.74 Å². The van der Waals surface area contributed by atoms with Crippen LogP contribution in [-0.2, 0) is 0 Å². The van der Waals surface area contributed by atoms with Crippen LogP contribution in [-0.4, -0.2) is 11.6 Å². The molecule has 0 unspecified atom stereocenters. The lowest BCUT2D eigenvalue weighted by Crippen LogP contribution is -2.10. The maximum atomic E-state index is 12.4. The molecule has 72 valence electrons. The number of nitriles is 1. The molecule has 0 aliphatic heterocycles. The Morgan fingerprint density at radius 2 is 2.36 bits per heavy atom. The van der Waals surface area contributed by atoms with Crippen LogP contribution < -0.4 is 4.74 Å². The van der Waals surface area contributed by atoms with Gasteiger partial charge in [-0.05, 0) is 25.0 Å². The molecule has 1 aromatic heterocycles. The minimum absolute atomic E-state index is 0.297. The van der Waals surface area contributed by atoms with Gasteiger partial charge in [-0.15, -0.1) is 0 Å². The smallest absolute Gasteiger partial charge is 0.213 e. The lowest BCUT2D eigenvalue weighted by molar-refractivity contribution is 0.267. The number of halogens is 1. The first-order valence-corrected chi connectivity index (χ1v) is 4.40. The number of nitrogens with zero attached hydrogens (tertiary/aromatic N) is 2. The number of aromatic nitrogens is 1. The van der Waals surface area contributed by atoms with E-state index >= 15 is 0 Å². The molecule has 1 heterocycles. The standard InChI is InChI=1S/C10H9FN2O/c11-9-2-1-8(5-13-9)14-7-10(6-12)3-4-10/h1-2,5H,3-4,7H2. The number of hydrogen-bond acceptors (Lipinski definition) is 3. The normalized spacial score (nSPS) is 17.1. The Kier molecular flexibility index (Phi) is 2.08. The molecule has 0 radical (unpaired) electrons. The molecular weight excluding hydrogens is 183 g/mol. The van der Waals surface area contributed by atoms with Gasteiger partial charge in [0.15, 0.2) is 0 Å². The second kappa shape index (κ2) is 3.26. The SMILES string of the molecule is N#CC1(COc2ccc(F)nc2)CC1. The van der Waals surface area contributed by atoms with E-state index in [0.29, 0.717) is 12.4 Å². The van der Waals surface area contributed by atoms with Crippen LogP contribution in [0.2, 0.25) is 0 Å². The van der Waals surface area contributed by atoms with Gasteiger partial charge in [0.1, 0.15) is 12.4 Å². The van der Waals surface area contributed by atoms with E-state index in [0.717, 1.165) is 12.8 Å². The monoisotopic (exact) mass is 192 g/mol. The second-order valence-corrected chi connectivity index (χ2v) is 3.50. The number of rotatable bonds is 3. The van der Waals surface area contributed by atoms with Crippen molar-refractivity contribution in [2.45, 2.75) is 12.8 Å². The molecule has 0 bridgehead atoms. The van der Waals surface area contributed by atoms with E-state index in [4.69, 9.17) is 10.00 Å². The van der Waals surface area contributed by atoms with Crippen molar-refractivity contribution < 1.29 is 9.13 Å². The number of hydrogen-bond donors (Lipinski definition) is 0. The van der Waals surface area contributed by atoms with Crippen molar-refractivity contribution in [1.82, 2.24) is 4.98 Å². The molecule has 3 nitrogen and oxygen atoms in total. The van der Waals surface area contributed by atoms with Crippen molar-refractivity contribution in [2.75, 3.05) is 6.61 Å². The van der Waals surface area contributed by atoms with Gasteiger partial charge in [0.25, 0.3) is 0 Å². The third-order valence-electron chi connectivity index (χ3n) is 2.31. The van der Waals surface area contributed by atoms with Crippen molar-refractivity contribution >= 4 is 0 Å². The van der Waals surface area contributed by atoms with Gasteiger partial charge in [0.2, 0.25) is 5.95 Å².